The summed E-state index contributed by atoms with van der Waals surface area (Å²) in [5.41, 5.74) is 2.61. The van der Waals surface area contributed by atoms with E-state index in [1.165, 1.54) is 30.0 Å². The summed E-state index contributed by atoms with van der Waals surface area (Å²) in [6.07, 6.45) is 1.71. The van der Waals surface area contributed by atoms with Gasteiger partial charge in [-0.2, -0.15) is 0 Å². The summed E-state index contributed by atoms with van der Waals surface area (Å²) in [6, 6.07) is 11.2. The zero-order chi connectivity index (χ0) is 27.1. The first kappa shape index (κ1) is 27.6. The van der Waals surface area contributed by atoms with E-state index in [0.29, 0.717) is 34.3 Å². The third-order valence-corrected chi connectivity index (χ3v) is 6.56. The van der Waals surface area contributed by atoms with Crippen molar-refractivity contribution in [2.24, 2.45) is 5.92 Å². The number of hydrogen-bond acceptors (Lipinski definition) is 7. The van der Waals surface area contributed by atoms with Crippen LogP contribution in [-0.2, 0) is 11.3 Å². The van der Waals surface area contributed by atoms with Crippen LogP contribution in [0.4, 0.5) is 11.4 Å². The number of aromatic nitrogens is 3. The van der Waals surface area contributed by atoms with Crippen molar-refractivity contribution in [1.29, 1.82) is 0 Å². The molecule has 3 aromatic rings. The van der Waals surface area contributed by atoms with Gasteiger partial charge in [-0.3, -0.25) is 19.7 Å². The van der Waals surface area contributed by atoms with Crippen LogP contribution < -0.4 is 10.6 Å². The van der Waals surface area contributed by atoms with E-state index in [1.807, 2.05) is 43.5 Å². The number of non-ortho nitro benzene ring substituents is 1. The molecule has 0 unspecified atom stereocenters. The number of thioether (sulfide) groups is 1. The van der Waals surface area contributed by atoms with Crippen LogP contribution in [0, 0.1) is 29.9 Å². The van der Waals surface area contributed by atoms with Crippen molar-refractivity contribution in [1.82, 2.24) is 20.1 Å². The molecular formula is C26H30N6O4S. The second-order valence-corrected chi connectivity index (χ2v) is 9.84. The molecule has 0 bridgehead atoms. The molecule has 3 rings (SSSR count). The maximum absolute atomic E-state index is 13.0. The summed E-state index contributed by atoms with van der Waals surface area (Å²) in [5, 5.41) is 25.9. The SMILES string of the molecule is C=CCn1c(SCC(=O)Nc2ccc([N+](=O)[O-])cc2C)nnc1[C@@H](NC(=O)c1cccc(C)c1)C(C)C. The lowest BCUT2D eigenvalue weighted by molar-refractivity contribution is -0.384. The smallest absolute Gasteiger partial charge is 0.269 e. The Kier molecular flexibility index (Phi) is 9.18. The van der Waals surface area contributed by atoms with Crippen molar-refractivity contribution in [2.75, 3.05) is 11.1 Å². The molecule has 1 atom stereocenters. The number of amides is 2. The Morgan fingerprint density at radius 3 is 2.57 bits per heavy atom. The quantitative estimate of drug-likeness (QED) is 0.159. The number of carbonyl (C=O) groups is 2. The van der Waals surface area contributed by atoms with Gasteiger partial charge in [0.2, 0.25) is 5.91 Å². The molecule has 1 aromatic heterocycles. The lowest BCUT2D eigenvalue weighted by Crippen LogP contribution is -2.34. The monoisotopic (exact) mass is 522 g/mol. The predicted molar refractivity (Wildman–Crippen MR) is 144 cm³/mol. The lowest BCUT2D eigenvalue weighted by atomic mass is 10.0. The molecule has 37 heavy (non-hydrogen) atoms. The van der Waals surface area contributed by atoms with Gasteiger partial charge in [-0.25, -0.2) is 0 Å². The average molecular weight is 523 g/mol. The Hall–Kier alpha value is -3.99. The Morgan fingerprint density at radius 2 is 1.95 bits per heavy atom. The first-order valence-corrected chi connectivity index (χ1v) is 12.7. The first-order valence-electron chi connectivity index (χ1n) is 11.7. The molecule has 2 N–H and O–H groups in total. The number of allylic oxidation sites excluding steroid dienone is 1. The number of carbonyl (C=O) groups excluding carboxylic acids is 2. The Balaban J connectivity index is 1.74. The molecule has 194 valence electrons. The van der Waals surface area contributed by atoms with Gasteiger partial charge >= 0.3 is 0 Å². The Morgan fingerprint density at radius 1 is 1.19 bits per heavy atom. The lowest BCUT2D eigenvalue weighted by Gasteiger charge is -2.22. The van der Waals surface area contributed by atoms with Crippen LogP contribution >= 0.6 is 11.8 Å². The van der Waals surface area contributed by atoms with Crippen molar-refractivity contribution in [2.45, 2.75) is 45.4 Å². The van der Waals surface area contributed by atoms with Crippen LogP contribution in [0.25, 0.3) is 0 Å². The second-order valence-electron chi connectivity index (χ2n) is 8.90. The van der Waals surface area contributed by atoms with Gasteiger partial charge in [0.05, 0.1) is 16.7 Å². The van der Waals surface area contributed by atoms with Gasteiger partial charge in [0.25, 0.3) is 11.6 Å². The number of nitrogens with one attached hydrogen (secondary N) is 2. The molecule has 0 spiro atoms. The largest absolute Gasteiger partial charge is 0.342 e. The van der Waals surface area contributed by atoms with Crippen LogP contribution in [0.15, 0.2) is 60.3 Å². The minimum atomic E-state index is -0.480. The van der Waals surface area contributed by atoms with Gasteiger partial charge in [0.1, 0.15) is 0 Å². The van der Waals surface area contributed by atoms with E-state index in [9.17, 15) is 19.7 Å². The number of nitro benzene ring substituents is 1. The second kappa shape index (κ2) is 12.3. The van der Waals surface area contributed by atoms with Gasteiger partial charge in [-0.15, -0.1) is 16.8 Å². The fourth-order valence-corrected chi connectivity index (χ4v) is 4.45. The summed E-state index contributed by atoms with van der Waals surface area (Å²) in [5.74, 6) is 0.151. The van der Waals surface area contributed by atoms with Crippen LogP contribution in [0.2, 0.25) is 0 Å². The summed E-state index contributed by atoms with van der Waals surface area (Å²) < 4.78 is 1.84. The number of anilines is 1. The summed E-state index contributed by atoms with van der Waals surface area (Å²) in [6.45, 7) is 11.8. The number of benzene rings is 2. The van der Waals surface area contributed by atoms with E-state index in [1.54, 1.807) is 19.1 Å². The van der Waals surface area contributed by atoms with Gasteiger partial charge in [-0.1, -0.05) is 49.4 Å². The number of aryl methyl sites for hydroxylation is 2. The van der Waals surface area contributed by atoms with E-state index >= 15 is 0 Å². The molecule has 0 fully saturated rings. The summed E-state index contributed by atoms with van der Waals surface area (Å²) >= 11 is 1.20. The van der Waals surface area contributed by atoms with Crippen LogP contribution in [0.1, 0.15) is 47.2 Å². The molecule has 11 heteroatoms. The molecule has 0 aliphatic carbocycles. The van der Waals surface area contributed by atoms with Crippen molar-refractivity contribution in [3.8, 4) is 0 Å². The minimum absolute atomic E-state index is 0.0211. The minimum Gasteiger partial charge on any atom is -0.342 e. The number of nitro groups is 1. The Labute approximate surface area is 219 Å². The van der Waals surface area contributed by atoms with E-state index in [2.05, 4.69) is 27.4 Å². The highest BCUT2D eigenvalue weighted by atomic mass is 32.2. The van der Waals surface area contributed by atoms with Gasteiger partial charge in [0.15, 0.2) is 11.0 Å². The molecule has 2 amide bonds. The van der Waals surface area contributed by atoms with Crippen molar-refractivity contribution in [3.05, 3.63) is 87.7 Å². The normalized spacial score (nSPS) is 11.7. The molecule has 2 aromatic carbocycles. The summed E-state index contributed by atoms with van der Waals surface area (Å²) in [7, 11) is 0. The highest BCUT2D eigenvalue weighted by molar-refractivity contribution is 7.99. The third-order valence-electron chi connectivity index (χ3n) is 5.60. The van der Waals surface area contributed by atoms with Crippen LogP contribution in [0.5, 0.6) is 0 Å². The van der Waals surface area contributed by atoms with Crippen LogP contribution in [-0.4, -0.2) is 37.3 Å². The first-order chi connectivity index (χ1) is 17.6. The maximum Gasteiger partial charge on any atom is 0.269 e. The molecule has 1 heterocycles. The number of nitrogens with zero attached hydrogens (tertiary/aromatic N) is 4. The van der Waals surface area contributed by atoms with Crippen molar-refractivity contribution in [3.63, 3.8) is 0 Å². The fourth-order valence-electron chi connectivity index (χ4n) is 3.70. The van der Waals surface area contributed by atoms with E-state index < -0.39 is 11.0 Å². The van der Waals surface area contributed by atoms with E-state index in [4.69, 9.17) is 0 Å². The number of rotatable bonds is 11. The molecule has 10 nitrogen and oxygen atoms in total. The van der Waals surface area contributed by atoms with E-state index in [-0.39, 0.29) is 29.2 Å². The Bertz CT molecular complexity index is 1320. The van der Waals surface area contributed by atoms with Crippen LogP contribution in [0.3, 0.4) is 0 Å². The zero-order valence-electron chi connectivity index (χ0n) is 21.2. The molecule has 0 radical (unpaired) electrons. The highest BCUT2D eigenvalue weighted by Crippen LogP contribution is 2.26. The van der Waals surface area contributed by atoms with E-state index in [0.717, 1.165) is 5.56 Å². The average Bonchev–Trinajstić information content (AvgIpc) is 3.24. The van der Waals surface area contributed by atoms with Crippen molar-refractivity contribution < 1.29 is 14.5 Å². The van der Waals surface area contributed by atoms with Gasteiger partial charge < -0.3 is 15.2 Å². The van der Waals surface area contributed by atoms with Gasteiger partial charge in [-0.05, 0) is 43.5 Å². The standard InChI is InChI=1S/C26H30N6O4S/c1-6-12-31-24(23(16(2)3)28-25(34)19-9-7-8-17(4)13-19)29-30-26(31)37-15-22(33)27-21-11-10-20(32(35)36)14-18(21)5/h6-11,13-14,16,23H,1,12,15H2,2-5H3,(H,27,33)(H,28,34)/t23-/m0/s1. The maximum atomic E-state index is 13.0. The molecule has 0 aliphatic rings. The molecular weight excluding hydrogens is 492 g/mol. The van der Waals surface area contributed by atoms with Crippen molar-refractivity contribution >= 4 is 35.0 Å². The highest BCUT2D eigenvalue weighted by Gasteiger charge is 2.26. The molecule has 0 saturated heterocycles. The van der Waals surface area contributed by atoms with Gasteiger partial charge in [0, 0.05) is 29.9 Å². The topological polar surface area (TPSA) is 132 Å². The fraction of sp³-hybridized carbons (Fsp3) is 0.308. The third kappa shape index (κ3) is 7.04. The molecule has 0 saturated carbocycles. The molecule has 0 aliphatic heterocycles. The summed E-state index contributed by atoms with van der Waals surface area (Å²) in [4.78, 5) is 36.0. The number of hydrogen-bond donors (Lipinski definition) is 2. The predicted octanol–water partition coefficient (Wildman–Crippen LogP) is 4.85. The zero-order valence-corrected chi connectivity index (χ0v) is 22.0.